The first kappa shape index (κ1) is 21.9. The molecule has 6 heteroatoms. The molecular weight excluding hydrogens is 428 g/mol. The zero-order valence-electron chi connectivity index (χ0n) is 19.0. The highest BCUT2D eigenvalue weighted by atomic mass is 16.5. The number of pyridine rings is 1. The Balaban J connectivity index is 1.59. The van der Waals surface area contributed by atoms with Gasteiger partial charge in [-0.25, -0.2) is 0 Å². The van der Waals surface area contributed by atoms with E-state index in [-0.39, 0.29) is 17.9 Å². The van der Waals surface area contributed by atoms with E-state index in [0.717, 1.165) is 31.2 Å². The maximum absolute atomic E-state index is 13.2. The number of amides is 1. The fraction of sp³-hybridized carbons (Fsp3) is 0.250. The summed E-state index contributed by atoms with van der Waals surface area (Å²) in [4.78, 5) is 32.1. The molecule has 2 aromatic carbocycles. The summed E-state index contributed by atoms with van der Waals surface area (Å²) in [6.45, 7) is 0.217. The Morgan fingerprint density at radius 3 is 2.53 bits per heavy atom. The van der Waals surface area contributed by atoms with E-state index in [1.807, 2.05) is 48.5 Å². The van der Waals surface area contributed by atoms with Crippen LogP contribution in [0.5, 0.6) is 5.75 Å². The molecule has 5 rings (SSSR count). The van der Waals surface area contributed by atoms with E-state index < -0.39 is 17.7 Å². The lowest BCUT2D eigenvalue weighted by Gasteiger charge is -2.25. The Morgan fingerprint density at radius 2 is 1.82 bits per heavy atom. The van der Waals surface area contributed by atoms with Crippen molar-refractivity contribution in [3.63, 3.8) is 0 Å². The minimum Gasteiger partial charge on any atom is -0.507 e. The van der Waals surface area contributed by atoms with Gasteiger partial charge in [0.15, 0.2) is 0 Å². The first-order valence-electron chi connectivity index (χ1n) is 11.5. The highest BCUT2D eigenvalue weighted by molar-refractivity contribution is 6.46. The number of hydrogen-bond acceptors (Lipinski definition) is 5. The second-order valence-corrected chi connectivity index (χ2v) is 8.75. The number of carbonyl (C=O) groups excluding carboxylic acids is 2. The van der Waals surface area contributed by atoms with Crippen LogP contribution in [0.1, 0.15) is 46.7 Å². The van der Waals surface area contributed by atoms with E-state index in [1.165, 1.54) is 16.0 Å². The van der Waals surface area contributed by atoms with Crippen molar-refractivity contribution in [2.24, 2.45) is 0 Å². The van der Waals surface area contributed by atoms with Crippen LogP contribution in [0.25, 0.3) is 5.76 Å². The number of rotatable bonds is 5. The predicted octanol–water partition coefficient (Wildman–Crippen LogP) is 4.59. The number of nitrogens with zero attached hydrogens (tertiary/aromatic N) is 2. The monoisotopic (exact) mass is 454 g/mol. The number of Topliss-reactive ketones (excluding diaryl/α,β-unsaturated/α-hetero) is 1. The van der Waals surface area contributed by atoms with Crippen molar-refractivity contribution in [2.45, 2.75) is 38.3 Å². The molecule has 2 heterocycles. The maximum Gasteiger partial charge on any atom is 0.295 e. The van der Waals surface area contributed by atoms with Crippen LogP contribution in [0.15, 0.2) is 72.6 Å². The van der Waals surface area contributed by atoms with Gasteiger partial charge in [0, 0.05) is 24.5 Å². The number of ketones is 1. The summed E-state index contributed by atoms with van der Waals surface area (Å²) in [7, 11) is 1.59. The molecule has 1 aliphatic heterocycles. The highest BCUT2D eigenvalue weighted by Crippen LogP contribution is 2.40. The molecular formula is C28H26N2O4. The molecule has 1 saturated heterocycles. The van der Waals surface area contributed by atoms with E-state index in [9.17, 15) is 14.7 Å². The summed E-state index contributed by atoms with van der Waals surface area (Å²) >= 11 is 0. The molecule has 1 N–H and O–H groups in total. The molecule has 1 unspecified atom stereocenters. The molecule has 172 valence electrons. The molecule has 0 spiro atoms. The van der Waals surface area contributed by atoms with Crippen molar-refractivity contribution in [1.29, 1.82) is 0 Å². The van der Waals surface area contributed by atoms with E-state index in [4.69, 9.17) is 4.74 Å². The van der Waals surface area contributed by atoms with Gasteiger partial charge in [0.25, 0.3) is 11.7 Å². The van der Waals surface area contributed by atoms with Gasteiger partial charge in [-0.1, -0.05) is 30.3 Å². The third kappa shape index (κ3) is 3.96. The molecule has 1 amide bonds. The number of benzene rings is 2. The lowest BCUT2D eigenvalue weighted by Crippen LogP contribution is -2.29. The van der Waals surface area contributed by atoms with Gasteiger partial charge in [0.1, 0.15) is 11.5 Å². The Labute approximate surface area is 198 Å². The molecule has 0 saturated carbocycles. The van der Waals surface area contributed by atoms with Crippen molar-refractivity contribution in [3.8, 4) is 5.75 Å². The van der Waals surface area contributed by atoms with E-state index >= 15 is 0 Å². The Hall–Kier alpha value is -3.93. The molecule has 2 aliphatic rings. The lowest BCUT2D eigenvalue weighted by atomic mass is 9.89. The Morgan fingerprint density at radius 1 is 1.06 bits per heavy atom. The van der Waals surface area contributed by atoms with E-state index in [0.29, 0.717) is 16.9 Å². The number of aliphatic hydroxyl groups excluding tert-OH is 1. The molecule has 6 nitrogen and oxygen atoms in total. The molecule has 1 aliphatic carbocycles. The van der Waals surface area contributed by atoms with Crippen molar-refractivity contribution in [1.82, 2.24) is 9.88 Å². The summed E-state index contributed by atoms with van der Waals surface area (Å²) in [5.74, 6) is -0.749. The zero-order chi connectivity index (χ0) is 23.7. The first-order valence-corrected chi connectivity index (χ1v) is 11.5. The van der Waals surface area contributed by atoms with Crippen molar-refractivity contribution >= 4 is 17.4 Å². The fourth-order valence-electron chi connectivity index (χ4n) is 4.89. The average Bonchev–Trinajstić information content (AvgIpc) is 3.14. The second kappa shape index (κ2) is 9.14. The average molecular weight is 455 g/mol. The van der Waals surface area contributed by atoms with Crippen LogP contribution in [0, 0.1) is 0 Å². The van der Waals surface area contributed by atoms with Gasteiger partial charge in [-0.2, -0.15) is 0 Å². The third-order valence-electron chi connectivity index (χ3n) is 6.67. The standard InChI is InChI=1S/C28H26N2O4/c1-34-23-12-8-18(9-13-23)17-30-25(22-7-4-14-29-16-22)24(27(32)28(30)33)26(31)21-11-10-19-5-2-3-6-20(19)15-21/h4,7-16,25,31H,2-3,5-6,17H2,1H3/b26-24-. The van der Waals surface area contributed by atoms with Gasteiger partial charge in [-0.05, 0) is 72.2 Å². The van der Waals surface area contributed by atoms with Crippen LogP contribution in [0.4, 0.5) is 0 Å². The predicted molar refractivity (Wildman–Crippen MR) is 128 cm³/mol. The van der Waals surface area contributed by atoms with Gasteiger partial charge < -0.3 is 14.7 Å². The largest absolute Gasteiger partial charge is 0.507 e. The highest BCUT2D eigenvalue weighted by Gasteiger charge is 2.46. The quantitative estimate of drug-likeness (QED) is 0.347. The number of aliphatic hydroxyl groups is 1. The number of aryl methyl sites for hydroxylation is 2. The minimum atomic E-state index is -0.730. The summed E-state index contributed by atoms with van der Waals surface area (Å²) < 4.78 is 5.22. The van der Waals surface area contributed by atoms with Gasteiger partial charge in [0.05, 0.1) is 18.7 Å². The summed E-state index contributed by atoms with van der Waals surface area (Å²) in [5.41, 5.74) is 4.67. The molecule has 3 aromatic rings. The SMILES string of the molecule is COc1ccc(CN2C(=O)C(=O)/C(=C(\O)c3ccc4c(c3)CCCC4)C2c2cccnc2)cc1. The number of aromatic nitrogens is 1. The zero-order valence-corrected chi connectivity index (χ0v) is 19.0. The summed E-state index contributed by atoms with van der Waals surface area (Å²) in [6.07, 6.45) is 7.53. The first-order chi connectivity index (χ1) is 16.6. The Bertz CT molecular complexity index is 1270. The molecule has 0 radical (unpaired) electrons. The molecule has 1 fully saturated rings. The van der Waals surface area contributed by atoms with Crippen LogP contribution in [0.3, 0.4) is 0 Å². The lowest BCUT2D eigenvalue weighted by molar-refractivity contribution is -0.140. The number of hydrogen-bond donors (Lipinski definition) is 1. The third-order valence-corrected chi connectivity index (χ3v) is 6.67. The summed E-state index contributed by atoms with van der Waals surface area (Å²) in [5, 5.41) is 11.3. The summed E-state index contributed by atoms with van der Waals surface area (Å²) in [6, 6.07) is 16.0. The molecule has 0 bridgehead atoms. The van der Waals surface area contributed by atoms with Crippen molar-refractivity contribution < 1.29 is 19.4 Å². The number of carbonyl (C=O) groups is 2. The fourth-order valence-corrected chi connectivity index (χ4v) is 4.89. The van der Waals surface area contributed by atoms with Gasteiger partial charge in [-0.3, -0.25) is 14.6 Å². The van der Waals surface area contributed by atoms with Crippen LogP contribution < -0.4 is 4.74 Å². The van der Waals surface area contributed by atoms with Gasteiger partial charge >= 0.3 is 0 Å². The second-order valence-electron chi connectivity index (χ2n) is 8.75. The molecule has 34 heavy (non-hydrogen) atoms. The van der Waals surface area contributed by atoms with E-state index in [1.54, 1.807) is 25.6 Å². The van der Waals surface area contributed by atoms with Crippen LogP contribution in [-0.2, 0) is 29.0 Å². The maximum atomic E-state index is 13.2. The number of likely N-dealkylation sites (tertiary alicyclic amines) is 1. The van der Waals surface area contributed by atoms with Gasteiger partial charge in [0.2, 0.25) is 0 Å². The van der Waals surface area contributed by atoms with E-state index in [2.05, 4.69) is 4.98 Å². The van der Waals surface area contributed by atoms with Crippen molar-refractivity contribution in [3.05, 3.63) is 100 Å². The van der Waals surface area contributed by atoms with Crippen LogP contribution >= 0.6 is 0 Å². The topological polar surface area (TPSA) is 79.7 Å². The van der Waals surface area contributed by atoms with Crippen LogP contribution in [-0.4, -0.2) is 33.8 Å². The molecule has 1 atom stereocenters. The van der Waals surface area contributed by atoms with Crippen molar-refractivity contribution in [2.75, 3.05) is 7.11 Å². The minimum absolute atomic E-state index is 0.0993. The molecule has 1 aromatic heterocycles. The smallest absolute Gasteiger partial charge is 0.295 e. The Kier molecular flexibility index (Phi) is 5.88. The number of fused-ring (bicyclic) bond motifs is 1. The van der Waals surface area contributed by atoms with Gasteiger partial charge in [-0.15, -0.1) is 0 Å². The number of ether oxygens (including phenoxy) is 1. The number of methoxy groups -OCH3 is 1. The van der Waals surface area contributed by atoms with Crippen LogP contribution in [0.2, 0.25) is 0 Å². The normalized spacial score (nSPS) is 19.2.